The lowest BCUT2D eigenvalue weighted by Gasteiger charge is -2.12. The van der Waals surface area contributed by atoms with E-state index in [0.717, 1.165) is 0 Å². The zero-order valence-electron chi connectivity index (χ0n) is 10.1. The lowest BCUT2D eigenvalue weighted by Crippen LogP contribution is -2.31. The van der Waals surface area contributed by atoms with Crippen molar-refractivity contribution in [2.45, 2.75) is 19.2 Å². The highest BCUT2D eigenvalue weighted by Crippen LogP contribution is 2.19. The van der Waals surface area contributed by atoms with Gasteiger partial charge in [0.2, 0.25) is 5.88 Å². The molecule has 1 heterocycles. The number of carbonyl (C=O) groups excluding carboxylic acids is 1. The zero-order valence-corrected chi connectivity index (χ0v) is 10.1. The summed E-state index contributed by atoms with van der Waals surface area (Å²) in [6.45, 7) is -0.0856. The molecule has 0 radical (unpaired) electrons. The third-order valence-corrected chi connectivity index (χ3v) is 1.95. The summed E-state index contributed by atoms with van der Waals surface area (Å²) >= 11 is 0. The number of aliphatic hydroxyl groups is 1. The normalized spacial score (nSPS) is 12.9. The van der Waals surface area contributed by atoms with Crippen LogP contribution in [0.15, 0.2) is 18.3 Å². The van der Waals surface area contributed by atoms with E-state index >= 15 is 0 Å². The Morgan fingerprint density at radius 2 is 2.26 bits per heavy atom. The van der Waals surface area contributed by atoms with E-state index in [4.69, 9.17) is 5.11 Å². The van der Waals surface area contributed by atoms with Crippen molar-refractivity contribution in [1.82, 2.24) is 10.3 Å². The summed E-state index contributed by atoms with van der Waals surface area (Å²) in [6, 6.07) is 2.69. The molecule has 1 rings (SSSR count). The van der Waals surface area contributed by atoms with Crippen LogP contribution in [0.5, 0.6) is 5.88 Å². The number of rotatable bonds is 5. The van der Waals surface area contributed by atoms with E-state index in [1.54, 1.807) is 0 Å². The molecule has 1 aromatic heterocycles. The molecule has 1 atom stereocenters. The Morgan fingerprint density at radius 3 is 2.84 bits per heavy atom. The van der Waals surface area contributed by atoms with Crippen molar-refractivity contribution in [2.24, 2.45) is 0 Å². The fourth-order valence-electron chi connectivity index (χ4n) is 1.16. The molecule has 19 heavy (non-hydrogen) atoms. The van der Waals surface area contributed by atoms with Crippen LogP contribution in [0.25, 0.3) is 0 Å². The van der Waals surface area contributed by atoms with E-state index in [1.165, 1.54) is 25.3 Å². The van der Waals surface area contributed by atoms with Crippen molar-refractivity contribution in [3.63, 3.8) is 0 Å². The fourth-order valence-corrected chi connectivity index (χ4v) is 1.16. The van der Waals surface area contributed by atoms with Gasteiger partial charge in [-0.2, -0.15) is 13.2 Å². The van der Waals surface area contributed by atoms with Crippen LogP contribution < -0.4 is 10.1 Å². The number of carbonyl (C=O) groups is 1. The van der Waals surface area contributed by atoms with Crippen LogP contribution >= 0.6 is 0 Å². The maximum absolute atomic E-state index is 12.0. The summed E-state index contributed by atoms with van der Waals surface area (Å²) < 4.78 is 40.6. The van der Waals surface area contributed by atoms with E-state index < -0.39 is 30.7 Å². The third-order valence-electron chi connectivity index (χ3n) is 1.95. The number of aliphatic hydroxyl groups excluding tert-OH is 1. The molecule has 1 aromatic rings. The largest absolute Gasteiger partial charge is 0.467 e. The highest BCUT2D eigenvalue weighted by Gasteiger charge is 2.29. The quantitative estimate of drug-likeness (QED) is 0.847. The minimum atomic E-state index is -4.51. The molecule has 5 nitrogen and oxygen atoms in total. The number of pyridine rings is 1. The molecular formula is C11H13F3N2O3. The standard InChI is InChI=1S/C11H13F3N2O3/c1-7(17)5-16-9(18)8-3-2-4-15-10(8)19-6-11(12,13)14/h2-4,7,17H,5-6H2,1H3,(H,16,18). The van der Waals surface area contributed by atoms with Crippen LogP contribution in [-0.2, 0) is 0 Å². The topological polar surface area (TPSA) is 71.5 Å². The molecule has 0 aliphatic heterocycles. The summed E-state index contributed by atoms with van der Waals surface area (Å²) in [7, 11) is 0. The maximum Gasteiger partial charge on any atom is 0.422 e. The van der Waals surface area contributed by atoms with E-state index in [9.17, 15) is 18.0 Å². The Labute approximate surface area is 107 Å². The van der Waals surface area contributed by atoms with Crippen molar-refractivity contribution in [2.75, 3.05) is 13.2 Å². The van der Waals surface area contributed by atoms with Gasteiger partial charge in [-0.25, -0.2) is 4.98 Å². The summed E-state index contributed by atoms with van der Waals surface area (Å²) in [6.07, 6.45) is -4.05. The van der Waals surface area contributed by atoms with Gasteiger partial charge in [-0.05, 0) is 19.1 Å². The molecule has 8 heteroatoms. The zero-order chi connectivity index (χ0) is 14.5. The second-order valence-electron chi connectivity index (χ2n) is 3.82. The first kappa shape index (κ1) is 15.2. The minimum Gasteiger partial charge on any atom is -0.467 e. The first-order valence-electron chi connectivity index (χ1n) is 5.40. The van der Waals surface area contributed by atoms with Gasteiger partial charge in [-0.3, -0.25) is 4.79 Å². The SMILES string of the molecule is CC(O)CNC(=O)c1cccnc1OCC(F)(F)F. The molecule has 0 bridgehead atoms. The second kappa shape index (κ2) is 6.37. The number of nitrogens with one attached hydrogen (secondary N) is 1. The molecule has 0 aliphatic carbocycles. The summed E-state index contributed by atoms with van der Waals surface area (Å²) in [5.41, 5.74) is -0.118. The van der Waals surface area contributed by atoms with E-state index in [2.05, 4.69) is 15.0 Å². The van der Waals surface area contributed by atoms with Gasteiger partial charge in [0, 0.05) is 12.7 Å². The molecule has 0 aliphatic rings. The van der Waals surface area contributed by atoms with Crippen molar-refractivity contribution < 1.29 is 27.8 Å². The van der Waals surface area contributed by atoms with Crippen LogP contribution in [0, 0.1) is 0 Å². The fraction of sp³-hybridized carbons (Fsp3) is 0.455. The Morgan fingerprint density at radius 1 is 1.58 bits per heavy atom. The third kappa shape index (κ3) is 5.56. The van der Waals surface area contributed by atoms with E-state index in [0.29, 0.717) is 0 Å². The lowest BCUT2D eigenvalue weighted by molar-refractivity contribution is -0.154. The van der Waals surface area contributed by atoms with Crippen LogP contribution in [0.1, 0.15) is 17.3 Å². The first-order valence-corrected chi connectivity index (χ1v) is 5.40. The van der Waals surface area contributed by atoms with Gasteiger partial charge >= 0.3 is 6.18 Å². The van der Waals surface area contributed by atoms with Gasteiger partial charge in [0.25, 0.3) is 5.91 Å². The predicted molar refractivity (Wildman–Crippen MR) is 59.8 cm³/mol. The molecular weight excluding hydrogens is 265 g/mol. The lowest BCUT2D eigenvalue weighted by atomic mass is 10.2. The Bertz CT molecular complexity index is 435. The van der Waals surface area contributed by atoms with Crippen LogP contribution in [-0.4, -0.2) is 41.4 Å². The Hall–Kier alpha value is -1.83. The number of aromatic nitrogens is 1. The molecule has 0 fully saturated rings. The monoisotopic (exact) mass is 278 g/mol. The van der Waals surface area contributed by atoms with Crippen molar-refractivity contribution in [3.8, 4) is 5.88 Å². The van der Waals surface area contributed by atoms with Gasteiger partial charge in [-0.15, -0.1) is 0 Å². The Kier molecular flexibility index (Phi) is 5.11. The number of ether oxygens (including phenoxy) is 1. The van der Waals surface area contributed by atoms with Crippen LogP contribution in [0.2, 0.25) is 0 Å². The van der Waals surface area contributed by atoms with Gasteiger partial charge in [0.05, 0.1) is 6.10 Å². The molecule has 1 amide bonds. The second-order valence-corrected chi connectivity index (χ2v) is 3.82. The van der Waals surface area contributed by atoms with Gasteiger partial charge < -0.3 is 15.2 Å². The van der Waals surface area contributed by atoms with Crippen molar-refractivity contribution in [3.05, 3.63) is 23.9 Å². The molecule has 106 valence electrons. The summed E-state index contributed by atoms with van der Waals surface area (Å²) in [4.78, 5) is 15.3. The number of hydrogen-bond donors (Lipinski definition) is 2. The number of nitrogens with zero attached hydrogens (tertiary/aromatic N) is 1. The molecule has 2 N–H and O–H groups in total. The maximum atomic E-state index is 12.0. The predicted octanol–water partition coefficient (Wildman–Crippen LogP) is 1.13. The van der Waals surface area contributed by atoms with Crippen molar-refractivity contribution in [1.29, 1.82) is 0 Å². The number of halogens is 3. The van der Waals surface area contributed by atoms with E-state index in [-0.39, 0.29) is 12.1 Å². The highest BCUT2D eigenvalue weighted by molar-refractivity contribution is 5.96. The molecule has 0 aromatic carbocycles. The van der Waals surface area contributed by atoms with Gasteiger partial charge in [-0.1, -0.05) is 0 Å². The molecule has 0 spiro atoms. The average molecular weight is 278 g/mol. The van der Waals surface area contributed by atoms with Gasteiger partial charge in [0.15, 0.2) is 6.61 Å². The minimum absolute atomic E-state index is 0.0214. The molecule has 1 unspecified atom stereocenters. The molecule has 0 saturated carbocycles. The van der Waals surface area contributed by atoms with Crippen molar-refractivity contribution >= 4 is 5.91 Å². The first-order chi connectivity index (χ1) is 8.79. The Balaban J connectivity index is 2.75. The van der Waals surface area contributed by atoms with Crippen LogP contribution in [0.3, 0.4) is 0 Å². The smallest absolute Gasteiger partial charge is 0.422 e. The van der Waals surface area contributed by atoms with Gasteiger partial charge in [0.1, 0.15) is 5.56 Å². The number of hydrogen-bond acceptors (Lipinski definition) is 4. The van der Waals surface area contributed by atoms with Crippen LogP contribution in [0.4, 0.5) is 13.2 Å². The highest BCUT2D eigenvalue weighted by atomic mass is 19.4. The summed E-state index contributed by atoms with van der Waals surface area (Å²) in [5, 5.41) is 11.4. The number of alkyl halides is 3. The molecule has 0 saturated heterocycles. The number of amides is 1. The summed E-state index contributed by atoms with van der Waals surface area (Å²) in [5.74, 6) is -1.06. The average Bonchev–Trinajstić information content (AvgIpc) is 2.33. The van der Waals surface area contributed by atoms with E-state index in [1.807, 2.05) is 0 Å².